The number of ether oxygens (including phenoxy) is 1. The third-order valence-electron chi connectivity index (χ3n) is 3.52. The number of fused-ring (bicyclic) bond motifs is 1. The van der Waals surface area contributed by atoms with Crippen LogP contribution in [0.15, 0.2) is 48.5 Å². The molecule has 4 nitrogen and oxygen atoms in total. The van der Waals surface area contributed by atoms with E-state index in [4.69, 9.17) is 10.5 Å². The van der Waals surface area contributed by atoms with Crippen molar-refractivity contribution >= 4 is 11.6 Å². The lowest BCUT2D eigenvalue weighted by Crippen LogP contribution is -2.38. The van der Waals surface area contributed by atoms with Gasteiger partial charge in [0.15, 0.2) is 0 Å². The fourth-order valence-corrected chi connectivity index (χ4v) is 2.37. The summed E-state index contributed by atoms with van der Waals surface area (Å²) >= 11 is 0. The summed E-state index contributed by atoms with van der Waals surface area (Å²) < 4.78 is 5.90. The van der Waals surface area contributed by atoms with Gasteiger partial charge in [-0.25, -0.2) is 0 Å². The maximum atomic E-state index is 12.4. The zero-order chi connectivity index (χ0) is 14.1. The second-order valence-corrected chi connectivity index (χ2v) is 4.81. The molecule has 2 aromatic carbocycles. The Morgan fingerprint density at radius 1 is 1.20 bits per heavy atom. The number of benzene rings is 2. The Kier molecular flexibility index (Phi) is 3.16. The number of likely N-dealkylation sites (N-methyl/N-ethyl adjacent to an activating group) is 1. The molecule has 1 unspecified atom stereocenters. The first-order chi connectivity index (χ1) is 9.70. The van der Waals surface area contributed by atoms with E-state index in [-0.39, 0.29) is 5.91 Å². The van der Waals surface area contributed by atoms with E-state index in [0.717, 1.165) is 16.8 Å². The van der Waals surface area contributed by atoms with Crippen molar-refractivity contribution in [2.75, 3.05) is 11.9 Å². The number of carbonyl (C=O) groups excluding carboxylic acids is 1. The lowest BCUT2D eigenvalue weighted by molar-refractivity contribution is -0.126. The Morgan fingerprint density at radius 2 is 1.95 bits per heavy atom. The van der Waals surface area contributed by atoms with E-state index in [0.29, 0.717) is 12.3 Å². The van der Waals surface area contributed by atoms with Crippen molar-refractivity contribution in [1.29, 1.82) is 0 Å². The monoisotopic (exact) mass is 268 g/mol. The van der Waals surface area contributed by atoms with Crippen LogP contribution in [0.5, 0.6) is 5.75 Å². The van der Waals surface area contributed by atoms with Crippen LogP contribution in [0.1, 0.15) is 17.2 Å². The summed E-state index contributed by atoms with van der Waals surface area (Å²) in [5, 5.41) is 0. The van der Waals surface area contributed by atoms with Gasteiger partial charge in [-0.2, -0.15) is 0 Å². The van der Waals surface area contributed by atoms with Crippen molar-refractivity contribution in [1.82, 2.24) is 0 Å². The van der Waals surface area contributed by atoms with Crippen molar-refractivity contribution in [3.05, 3.63) is 59.7 Å². The molecule has 0 saturated heterocycles. The minimum absolute atomic E-state index is 0.0656. The Morgan fingerprint density at radius 3 is 2.65 bits per heavy atom. The van der Waals surface area contributed by atoms with Gasteiger partial charge < -0.3 is 15.4 Å². The predicted octanol–water partition coefficient (Wildman–Crippen LogP) is 2.24. The third kappa shape index (κ3) is 2.04. The molecule has 102 valence electrons. The topological polar surface area (TPSA) is 55.6 Å². The van der Waals surface area contributed by atoms with Gasteiger partial charge in [0.25, 0.3) is 5.91 Å². The third-order valence-corrected chi connectivity index (χ3v) is 3.52. The summed E-state index contributed by atoms with van der Waals surface area (Å²) in [6.45, 7) is 0.449. The van der Waals surface area contributed by atoms with Crippen LogP contribution >= 0.6 is 0 Å². The minimum atomic E-state index is -0.596. The van der Waals surface area contributed by atoms with Gasteiger partial charge in [0.2, 0.25) is 6.10 Å². The lowest BCUT2D eigenvalue weighted by atomic mass is 10.0. The molecule has 2 N–H and O–H groups in total. The molecule has 1 amide bonds. The molecule has 0 radical (unpaired) electrons. The normalized spacial score (nSPS) is 17.6. The van der Waals surface area contributed by atoms with E-state index >= 15 is 0 Å². The van der Waals surface area contributed by atoms with Gasteiger partial charge >= 0.3 is 0 Å². The predicted molar refractivity (Wildman–Crippen MR) is 77.6 cm³/mol. The SMILES string of the molecule is CN1C(=O)C(c2ccccc2)Oc2cc(CN)ccc21. The molecule has 4 heteroatoms. The van der Waals surface area contributed by atoms with Crippen molar-refractivity contribution < 1.29 is 9.53 Å². The number of nitrogens with two attached hydrogens (primary N) is 1. The maximum absolute atomic E-state index is 12.4. The van der Waals surface area contributed by atoms with Crippen LogP contribution in [-0.2, 0) is 11.3 Å². The number of carbonyl (C=O) groups is 1. The molecule has 3 rings (SSSR count). The first-order valence-corrected chi connectivity index (χ1v) is 6.53. The molecule has 0 fully saturated rings. The summed E-state index contributed by atoms with van der Waals surface area (Å²) in [6.07, 6.45) is -0.596. The molecular weight excluding hydrogens is 252 g/mol. The van der Waals surface area contributed by atoms with E-state index in [1.54, 1.807) is 11.9 Å². The van der Waals surface area contributed by atoms with E-state index in [2.05, 4.69) is 0 Å². The molecule has 2 aromatic rings. The molecule has 1 aliphatic rings. The van der Waals surface area contributed by atoms with E-state index in [1.807, 2.05) is 48.5 Å². The Bertz CT molecular complexity index is 640. The highest BCUT2D eigenvalue weighted by atomic mass is 16.5. The van der Waals surface area contributed by atoms with Gasteiger partial charge in [-0.3, -0.25) is 4.79 Å². The number of hydrogen-bond donors (Lipinski definition) is 1. The highest BCUT2D eigenvalue weighted by Gasteiger charge is 2.33. The van der Waals surface area contributed by atoms with Gasteiger partial charge in [-0.1, -0.05) is 36.4 Å². The number of amides is 1. The fourth-order valence-electron chi connectivity index (χ4n) is 2.37. The van der Waals surface area contributed by atoms with Crippen molar-refractivity contribution in [3.63, 3.8) is 0 Å². The van der Waals surface area contributed by atoms with Gasteiger partial charge in [-0.15, -0.1) is 0 Å². The summed E-state index contributed by atoms with van der Waals surface area (Å²) in [5.41, 5.74) is 8.27. The Hall–Kier alpha value is -2.33. The molecule has 0 saturated carbocycles. The van der Waals surface area contributed by atoms with Crippen LogP contribution in [0.25, 0.3) is 0 Å². The first-order valence-electron chi connectivity index (χ1n) is 6.53. The van der Waals surface area contributed by atoms with Gasteiger partial charge in [0, 0.05) is 19.2 Å². The van der Waals surface area contributed by atoms with Crippen LogP contribution in [-0.4, -0.2) is 13.0 Å². The summed E-state index contributed by atoms with van der Waals surface area (Å²) in [6, 6.07) is 15.2. The molecular formula is C16H16N2O2. The number of hydrogen-bond acceptors (Lipinski definition) is 3. The average molecular weight is 268 g/mol. The van der Waals surface area contributed by atoms with E-state index in [1.165, 1.54) is 0 Å². The Labute approximate surface area is 117 Å². The largest absolute Gasteiger partial charge is 0.474 e. The first kappa shape index (κ1) is 12.7. The highest BCUT2D eigenvalue weighted by Crippen LogP contribution is 2.38. The second kappa shape index (κ2) is 4.98. The smallest absolute Gasteiger partial charge is 0.272 e. The second-order valence-electron chi connectivity index (χ2n) is 4.81. The van der Waals surface area contributed by atoms with Gasteiger partial charge in [0.1, 0.15) is 5.75 Å². The Balaban J connectivity index is 2.03. The number of anilines is 1. The van der Waals surface area contributed by atoms with Crippen LogP contribution in [0.4, 0.5) is 5.69 Å². The molecule has 1 heterocycles. The van der Waals surface area contributed by atoms with Gasteiger partial charge in [-0.05, 0) is 17.7 Å². The van der Waals surface area contributed by atoms with E-state index in [9.17, 15) is 4.79 Å². The lowest BCUT2D eigenvalue weighted by Gasteiger charge is -2.32. The fraction of sp³-hybridized carbons (Fsp3) is 0.188. The molecule has 0 aliphatic carbocycles. The van der Waals surface area contributed by atoms with Crippen molar-refractivity contribution in [2.45, 2.75) is 12.6 Å². The summed E-state index contributed by atoms with van der Waals surface area (Å²) in [4.78, 5) is 14.1. The molecule has 20 heavy (non-hydrogen) atoms. The molecule has 0 bridgehead atoms. The maximum Gasteiger partial charge on any atom is 0.272 e. The number of rotatable bonds is 2. The average Bonchev–Trinajstić information content (AvgIpc) is 2.51. The van der Waals surface area contributed by atoms with E-state index < -0.39 is 6.10 Å². The zero-order valence-electron chi connectivity index (χ0n) is 11.2. The van der Waals surface area contributed by atoms with Crippen LogP contribution in [0.3, 0.4) is 0 Å². The zero-order valence-corrected chi connectivity index (χ0v) is 11.2. The quantitative estimate of drug-likeness (QED) is 0.908. The molecule has 0 aromatic heterocycles. The molecule has 0 spiro atoms. The molecule has 1 atom stereocenters. The standard InChI is InChI=1S/C16H16N2O2/c1-18-13-8-7-11(10-17)9-14(13)20-15(16(18)19)12-5-3-2-4-6-12/h2-9,15H,10,17H2,1H3. The van der Waals surface area contributed by atoms with Crippen LogP contribution < -0.4 is 15.4 Å². The van der Waals surface area contributed by atoms with Crippen molar-refractivity contribution in [3.8, 4) is 5.75 Å². The van der Waals surface area contributed by atoms with Crippen LogP contribution in [0.2, 0.25) is 0 Å². The highest BCUT2D eigenvalue weighted by molar-refractivity contribution is 6.00. The number of nitrogens with zero attached hydrogens (tertiary/aromatic N) is 1. The summed E-state index contributed by atoms with van der Waals surface area (Å²) in [5.74, 6) is 0.633. The summed E-state index contributed by atoms with van der Waals surface area (Å²) in [7, 11) is 1.77. The minimum Gasteiger partial charge on any atom is -0.474 e. The van der Waals surface area contributed by atoms with Gasteiger partial charge in [0.05, 0.1) is 5.69 Å². The van der Waals surface area contributed by atoms with Crippen molar-refractivity contribution in [2.24, 2.45) is 5.73 Å². The molecule has 1 aliphatic heterocycles. The van der Waals surface area contributed by atoms with Crippen LogP contribution in [0, 0.1) is 0 Å².